The Labute approximate surface area is 151 Å². The van der Waals surface area contributed by atoms with Gasteiger partial charge < -0.3 is 14.5 Å². The van der Waals surface area contributed by atoms with Crippen molar-refractivity contribution in [3.05, 3.63) is 59.4 Å². The summed E-state index contributed by atoms with van der Waals surface area (Å²) < 4.78 is 5.48. The van der Waals surface area contributed by atoms with Crippen molar-refractivity contribution in [2.75, 3.05) is 32.8 Å². The molecule has 6 nitrogen and oxygen atoms in total. The average Bonchev–Trinajstić information content (AvgIpc) is 2.67. The number of rotatable bonds is 4. The first-order chi connectivity index (χ1) is 12.1. The van der Waals surface area contributed by atoms with Gasteiger partial charge >= 0.3 is 0 Å². The topological polar surface area (TPSA) is 62.7 Å². The molecule has 2 heterocycles. The van der Waals surface area contributed by atoms with Crippen molar-refractivity contribution in [1.82, 2.24) is 14.8 Å². The van der Waals surface area contributed by atoms with E-state index >= 15 is 0 Å². The van der Waals surface area contributed by atoms with Crippen molar-refractivity contribution in [1.29, 1.82) is 0 Å². The molecule has 0 unspecified atom stereocenters. The molecule has 7 heteroatoms. The molecule has 0 bridgehead atoms. The van der Waals surface area contributed by atoms with Gasteiger partial charge in [-0.05, 0) is 24.3 Å². The Morgan fingerprint density at radius 1 is 1.00 bits per heavy atom. The van der Waals surface area contributed by atoms with Gasteiger partial charge in [0.25, 0.3) is 11.8 Å². The third-order valence-corrected chi connectivity index (χ3v) is 4.35. The zero-order valence-corrected chi connectivity index (χ0v) is 14.4. The Morgan fingerprint density at radius 2 is 1.64 bits per heavy atom. The number of aromatic nitrogens is 1. The number of hydrogen-bond acceptors (Lipinski definition) is 4. The highest BCUT2D eigenvalue weighted by Gasteiger charge is 2.25. The van der Waals surface area contributed by atoms with Crippen molar-refractivity contribution in [2.45, 2.75) is 0 Å². The number of para-hydroxylation sites is 1. The summed E-state index contributed by atoms with van der Waals surface area (Å²) in [6.07, 6.45) is 3.19. The molecule has 2 amide bonds. The number of halogens is 1. The highest BCUT2D eigenvalue weighted by atomic mass is 35.5. The van der Waals surface area contributed by atoms with Gasteiger partial charge in [-0.15, -0.1) is 0 Å². The highest BCUT2D eigenvalue weighted by molar-refractivity contribution is 6.32. The minimum Gasteiger partial charge on any atom is -0.482 e. The summed E-state index contributed by atoms with van der Waals surface area (Å²) in [6, 6.07) is 10.4. The molecule has 0 radical (unpaired) electrons. The summed E-state index contributed by atoms with van der Waals surface area (Å²) >= 11 is 6.01. The Bertz CT molecular complexity index is 746. The molecule has 2 aromatic rings. The van der Waals surface area contributed by atoms with Gasteiger partial charge in [-0.3, -0.25) is 14.6 Å². The molecule has 1 saturated heterocycles. The van der Waals surface area contributed by atoms with E-state index in [1.54, 1.807) is 58.6 Å². The molecular weight excluding hydrogens is 342 g/mol. The Hall–Kier alpha value is -2.60. The smallest absolute Gasteiger partial charge is 0.260 e. The van der Waals surface area contributed by atoms with Crippen LogP contribution in [0.25, 0.3) is 0 Å². The monoisotopic (exact) mass is 359 g/mol. The van der Waals surface area contributed by atoms with E-state index in [0.29, 0.717) is 42.5 Å². The average molecular weight is 360 g/mol. The molecule has 1 fully saturated rings. The number of pyridine rings is 1. The predicted molar refractivity (Wildman–Crippen MR) is 93.7 cm³/mol. The van der Waals surface area contributed by atoms with Crippen molar-refractivity contribution >= 4 is 23.4 Å². The van der Waals surface area contributed by atoms with Crippen LogP contribution in [0.4, 0.5) is 0 Å². The van der Waals surface area contributed by atoms with Gasteiger partial charge in [0.05, 0.1) is 5.02 Å². The van der Waals surface area contributed by atoms with E-state index < -0.39 is 0 Å². The number of piperazine rings is 1. The van der Waals surface area contributed by atoms with Crippen LogP contribution < -0.4 is 4.74 Å². The molecule has 130 valence electrons. The summed E-state index contributed by atoms with van der Waals surface area (Å²) in [5.41, 5.74) is 0.608. The molecular formula is C18H18ClN3O3. The molecule has 0 atom stereocenters. The lowest BCUT2D eigenvalue weighted by molar-refractivity contribution is -0.134. The van der Waals surface area contributed by atoms with Crippen molar-refractivity contribution in [2.24, 2.45) is 0 Å². The maximum absolute atomic E-state index is 12.4. The maximum Gasteiger partial charge on any atom is 0.260 e. The SMILES string of the molecule is O=C(COc1ccccc1Cl)N1CCN(C(=O)c2ccncc2)CC1. The third-order valence-electron chi connectivity index (χ3n) is 4.03. The lowest BCUT2D eigenvalue weighted by atomic mass is 10.2. The van der Waals surface area contributed by atoms with E-state index in [2.05, 4.69) is 4.98 Å². The zero-order valence-electron chi connectivity index (χ0n) is 13.6. The molecule has 0 spiro atoms. The summed E-state index contributed by atoms with van der Waals surface area (Å²) in [6.45, 7) is 1.91. The summed E-state index contributed by atoms with van der Waals surface area (Å²) in [5, 5.41) is 0.475. The Kier molecular flexibility index (Phi) is 5.50. The van der Waals surface area contributed by atoms with Crippen molar-refractivity contribution in [3.63, 3.8) is 0 Å². The van der Waals surface area contributed by atoms with E-state index in [4.69, 9.17) is 16.3 Å². The number of ether oxygens (including phenoxy) is 1. The molecule has 1 aromatic carbocycles. The van der Waals surface area contributed by atoms with E-state index in [9.17, 15) is 9.59 Å². The van der Waals surface area contributed by atoms with E-state index in [-0.39, 0.29) is 18.4 Å². The van der Waals surface area contributed by atoms with Gasteiger partial charge in [-0.1, -0.05) is 23.7 Å². The Balaban J connectivity index is 1.49. The summed E-state index contributed by atoms with van der Waals surface area (Å²) in [5.74, 6) is 0.335. The van der Waals surface area contributed by atoms with E-state index in [0.717, 1.165) is 0 Å². The molecule has 1 aliphatic rings. The van der Waals surface area contributed by atoms with Crippen LogP contribution in [0.15, 0.2) is 48.8 Å². The fourth-order valence-corrected chi connectivity index (χ4v) is 2.82. The van der Waals surface area contributed by atoms with Gasteiger partial charge in [0, 0.05) is 44.1 Å². The first-order valence-corrected chi connectivity index (χ1v) is 8.37. The number of carbonyl (C=O) groups is 2. The van der Waals surface area contributed by atoms with Gasteiger partial charge in [-0.2, -0.15) is 0 Å². The first-order valence-electron chi connectivity index (χ1n) is 7.99. The number of carbonyl (C=O) groups excluding carboxylic acids is 2. The molecule has 0 N–H and O–H groups in total. The maximum atomic E-state index is 12.4. The largest absolute Gasteiger partial charge is 0.482 e. The number of nitrogens with zero attached hydrogens (tertiary/aromatic N) is 3. The summed E-state index contributed by atoms with van der Waals surface area (Å²) in [4.78, 5) is 32.0. The van der Waals surface area contributed by atoms with E-state index in [1.165, 1.54) is 0 Å². The van der Waals surface area contributed by atoms with E-state index in [1.807, 2.05) is 0 Å². The first kappa shape index (κ1) is 17.2. The standard InChI is InChI=1S/C18H18ClN3O3/c19-15-3-1-2-4-16(15)25-13-17(23)21-9-11-22(12-10-21)18(24)14-5-7-20-8-6-14/h1-8H,9-13H2. The van der Waals surface area contributed by atoms with Gasteiger partial charge in [0.1, 0.15) is 5.75 Å². The third kappa shape index (κ3) is 4.28. The van der Waals surface area contributed by atoms with Crippen molar-refractivity contribution in [3.8, 4) is 5.75 Å². The van der Waals surface area contributed by atoms with Gasteiger partial charge in [0.15, 0.2) is 6.61 Å². The fourth-order valence-electron chi connectivity index (χ4n) is 2.63. The molecule has 1 aromatic heterocycles. The van der Waals surface area contributed by atoms with Crippen LogP contribution in [0, 0.1) is 0 Å². The molecule has 0 saturated carbocycles. The van der Waals surface area contributed by atoms with Crippen molar-refractivity contribution < 1.29 is 14.3 Å². The number of amides is 2. The Morgan fingerprint density at radius 3 is 2.32 bits per heavy atom. The van der Waals surface area contributed by atoms with Crippen LogP contribution >= 0.6 is 11.6 Å². The second-order valence-electron chi connectivity index (χ2n) is 5.63. The minimum atomic E-state index is -0.115. The number of benzene rings is 1. The minimum absolute atomic E-state index is 0.0400. The fraction of sp³-hybridized carbons (Fsp3) is 0.278. The second-order valence-corrected chi connectivity index (χ2v) is 6.04. The van der Waals surface area contributed by atoms with Crippen LogP contribution in [0.3, 0.4) is 0 Å². The normalized spacial score (nSPS) is 14.3. The molecule has 25 heavy (non-hydrogen) atoms. The molecule has 3 rings (SSSR count). The lowest BCUT2D eigenvalue weighted by Gasteiger charge is -2.34. The van der Waals surface area contributed by atoms with Crippen LogP contribution in [0.5, 0.6) is 5.75 Å². The predicted octanol–water partition coefficient (Wildman–Crippen LogP) is 2.10. The highest BCUT2D eigenvalue weighted by Crippen LogP contribution is 2.23. The van der Waals surface area contributed by atoms with Gasteiger partial charge in [0.2, 0.25) is 0 Å². The van der Waals surface area contributed by atoms with Crippen LogP contribution in [-0.4, -0.2) is 59.4 Å². The summed E-state index contributed by atoms with van der Waals surface area (Å²) in [7, 11) is 0. The molecule has 0 aliphatic carbocycles. The second kappa shape index (κ2) is 7.98. The lowest BCUT2D eigenvalue weighted by Crippen LogP contribution is -2.51. The van der Waals surface area contributed by atoms with Crippen LogP contribution in [-0.2, 0) is 4.79 Å². The molecule has 1 aliphatic heterocycles. The van der Waals surface area contributed by atoms with Crippen LogP contribution in [0.2, 0.25) is 5.02 Å². The van der Waals surface area contributed by atoms with Gasteiger partial charge in [-0.25, -0.2) is 0 Å². The quantitative estimate of drug-likeness (QED) is 0.838. The number of hydrogen-bond donors (Lipinski definition) is 0. The zero-order chi connectivity index (χ0) is 17.6. The van der Waals surface area contributed by atoms with Crippen LogP contribution in [0.1, 0.15) is 10.4 Å².